The molecule has 7 nitrogen and oxygen atoms in total. The highest BCUT2D eigenvalue weighted by Crippen LogP contribution is 2.34. The van der Waals surface area contributed by atoms with Gasteiger partial charge < -0.3 is 19.5 Å². The van der Waals surface area contributed by atoms with Gasteiger partial charge in [-0.1, -0.05) is 12.1 Å². The zero-order chi connectivity index (χ0) is 22.3. The maximum atomic E-state index is 12.6. The molecule has 8 heteroatoms. The molecule has 30 heavy (non-hydrogen) atoms. The Morgan fingerprint density at radius 2 is 1.70 bits per heavy atom. The molecule has 1 N–H and O–H groups in total. The summed E-state index contributed by atoms with van der Waals surface area (Å²) < 4.78 is 15.8. The van der Waals surface area contributed by atoms with Crippen LogP contribution in [-0.2, 0) is 20.7 Å². The number of benzene rings is 1. The van der Waals surface area contributed by atoms with E-state index in [-0.39, 0.29) is 40.5 Å². The highest BCUT2D eigenvalue weighted by Gasteiger charge is 2.27. The number of nitrogens with one attached hydrogen (secondary N) is 1. The Kier molecular flexibility index (Phi) is 8.41. The molecule has 162 valence electrons. The van der Waals surface area contributed by atoms with Crippen LogP contribution in [-0.4, -0.2) is 37.2 Å². The number of hydrogen-bond donors (Lipinski definition) is 1. The second-order valence-electron chi connectivity index (χ2n) is 6.74. The lowest BCUT2D eigenvalue weighted by Gasteiger charge is -2.08. The molecule has 0 fully saturated rings. The zero-order valence-corrected chi connectivity index (χ0v) is 18.7. The lowest BCUT2D eigenvalue weighted by Crippen LogP contribution is -2.16. The normalized spacial score (nSPS) is 10.6. The van der Waals surface area contributed by atoms with E-state index in [9.17, 15) is 14.4 Å². The highest BCUT2D eigenvalue weighted by molar-refractivity contribution is 7.18. The summed E-state index contributed by atoms with van der Waals surface area (Å²) in [5, 5.41) is 3.02. The molecule has 0 aliphatic carbocycles. The van der Waals surface area contributed by atoms with E-state index in [2.05, 4.69) is 5.32 Å². The largest absolute Gasteiger partial charge is 0.494 e. The number of carbonyl (C=O) groups excluding carboxylic acids is 3. The third-order valence-electron chi connectivity index (χ3n) is 4.01. The van der Waals surface area contributed by atoms with Crippen molar-refractivity contribution in [1.29, 1.82) is 0 Å². The fourth-order valence-corrected chi connectivity index (χ4v) is 3.83. The molecular weight excluding hydrogens is 406 g/mol. The zero-order valence-electron chi connectivity index (χ0n) is 17.9. The predicted molar refractivity (Wildman–Crippen MR) is 116 cm³/mol. The van der Waals surface area contributed by atoms with E-state index in [1.165, 1.54) is 0 Å². The van der Waals surface area contributed by atoms with Gasteiger partial charge in [-0.2, -0.15) is 0 Å². The minimum atomic E-state index is -0.591. The number of amides is 1. The van der Waals surface area contributed by atoms with Crippen molar-refractivity contribution in [3.63, 3.8) is 0 Å². The molecular formula is C22H27NO6S. The van der Waals surface area contributed by atoms with Crippen LogP contribution in [0.2, 0.25) is 0 Å². The third-order valence-corrected chi connectivity index (χ3v) is 5.19. The van der Waals surface area contributed by atoms with Crippen molar-refractivity contribution in [2.75, 3.05) is 18.5 Å². The molecule has 0 spiro atoms. The first kappa shape index (κ1) is 23.4. The molecule has 0 atom stereocenters. The molecule has 2 aromatic rings. The van der Waals surface area contributed by atoms with Gasteiger partial charge in [-0.25, -0.2) is 9.59 Å². The van der Waals surface area contributed by atoms with Crippen molar-refractivity contribution >= 4 is 34.2 Å². The Hall–Kier alpha value is -2.87. The van der Waals surface area contributed by atoms with Gasteiger partial charge in [-0.15, -0.1) is 11.3 Å². The minimum Gasteiger partial charge on any atom is -0.494 e. The van der Waals surface area contributed by atoms with Crippen LogP contribution in [0, 0.1) is 6.92 Å². The number of anilines is 1. The van der Waals surface area contributed by atoms with E-state index < -0.39 is 11.9 Å². The van der Waals surface area contributed by atoms with E-state index in [1.54, 1.807) is 39.8 Å². The quantitative estimate of drug-likeness (QED) is 0.590. The van der Waals surface area contributed by atoms with Gasteiger partial charge in [0.05, 0.1) is 31.3 Å². The van der Waals surface area contributed by atoms with Gasteiger partial charge in [-0.3, -0.25) is 4.79 Å². The van der Waals surface area contributed by atoms with Crippen molar-refractivity contribution < 1.29 is 28.6 Å². The van der Waals surface area contributed by atoms with E-state index in [4.69, 9.17) is 14.2 Å². The van der Waals surface area contributed by atoms with E-state index in [1.807, 2.05) is 19.1 Å². The summed E-state index contributed by atoms with van der Waals surface area (Å²) in [6.07, 6.45) is -0.194. The van der Waals surface area contributed by atoms with Gasteiger partial charge >= 0.3 is 11.9 Å². The van der Waals surface area contributed by atoms with E-state index >= 15 is 0 Å². The van der Waals surface area contributed by atoms with Crippen molar-refractivity contribution in [1.82, 2.24) is 0 Å². The summed E-state index contributed by atoms with van der Waals surface area (Å²) in [6.45, 7) is 9.46. The SMILES string of the molecule is CCOC(=O)c1c(NC(=O)Cc2ccc(OCC)cc2)sc(C(=O)OC(C)C)c1C. The number of hydrogen-bond acceptors (Lipinski definition) is 7. The Balaban J connectivity index is 2.24. The van der Waals surface area contributed by atoms with Crippen LogP contribution in [0.25, 0.3) is 0 Å². The summed E-state index contributed by atoms with van der Waals surface area (Å²) in [7, 11) is 0. The molecule has 1 aromatic heterocycles. The van der Waals surface area contributed by atoms with Crippen LogP contribution in [0.15, 0.2) is 24.3 Å². The predicted octanol–water partition coefficient (Wildman–Crippen LogP) is 4.38. The molecule has 0 saturated heterocycles. The molecule has 0 aliphatic rings. The van der Waals surface area contributed by atoms with Crippen molar-refractivity contribution in [2.45, 2.75) is 47.1 Å². The molecule has 0 aliphatic heterocycles. The molecule has 2 rings (SSSR count). The van der Waals surface area contributed by atoms with Crippen molar-refractivity contribution in [2.24, 2.45) is 0 Å². The lowest BCUT2D eigenvalue weighted by molar-refractivity contribution is -0.115. The maximum Gasteiger partial charge on any atom is 0.348 e. The van der Waals surface area contributed by atoms with Crippen LogP contribution in [0.3, 0.4) is 0 Å². The van der Waals surface area contributed by atoms with Gasteiger partial charge in [0.25, 0.3) is 0 Å². The first-order chi connectivity index (χ1) is 14.3. The number of esters is 2. The molecule has 1 aromatic carbocycles. The fourth-order valence-electron chi connectivity index (χ4n) is 2.74. The van der Waals surface area contributed by atoms with Gasteiger partial charge in [0, 0.05) is 0 Å². The topological polar surface area (TPSA) is 90.9 Å². The van der Waals surface area contributed by atoms with E-state index in [0.717, 1.165) is 22.6 Å². The Morgan fingerprint density at radius 3 is 2.27 bits per heavy atom. The standard InChI is InChI=1S/C22H27NO6S/c1-6-27-16-10-8-15(9-11-16)12-17(24)23-20-18(21(25)28-7-2)14(5)19(30-20)22(26)29-13(3)4/h8-11,13H,6-7,12H2,1-5H3,(H,23,24). The number of rotatable bonds is 9. The summed E-state index contributed by atoms with van der Waals surface area (Å²) in [5.41, 5.74) is 1.40. The molecule has 1 heterocycles. The van der Waals surface area contributed by atoms with Crippen molar-refractivity contribution in [3.05, 3.63) is 45.8 Å². The maximum absolute atomic E-state index is 12.6. The molecule has 0 radical (unpaired) electrons. The molecule has 1 amide bonds. The summed E-state index contributed by atoms with van der Waals surface area (Å²) in [4.78, 5) is 37.7. The lowest BCUT2D eigenvalue weighted by atomic mass is 10.1. The van der Waals surface area contributed by atoms with Crippen LogP contribution in [0.4, 0.5) is 5.00 Å². The molecule has 0 saturated carbocycles. The van der Waals surface area contributed by atoms with Crippen LogP contribution in [0.5, 0.6) is 5.75 Å². The molecule has 0 bridgehead atoms. The Bertz CT molecular complexity index is 901. The minimum absolute atomic E-state index is 0.109. The highest BCUT2D eigenvalue weighted by atomic mass is 32.1. The average Bonchev–Trinajstić information content (AvgIpc) is 2.99. The summed E-state index contributed by atoms with van der Waals surface area (Å²) >= 11 is 1.01. The molecule has 0 unspecified atom stereocenters. The van der Waals surface area contributed by atoms with Gasteiger partial charge in [0.2, 0.25) is 5.91 Å². The van der Waals surface area contributed by atoms with Gasteiger partial charge in [-0.05, 0) is 57.9 Å². The van der Waals surface area contributed by atoms with Gasteiger partial charge in [0.1, 0.15) is 15.6 Å². The third kappa shape index (κ3) is 6.06. The van der Waals surface area contributed by atoms with Gasteiger partial charge in [0.15, 0.2) is 0 Å². The fraction of sp³-hybridized carbons (Fsp3) is 0.409. The summed E-state index contributed by atoms with van der Waals surface area (Å²) in [5.74, 6) is -0.709. The number of thiophene rings is 1. The van der Waals surface area contributed by atoms with Crippen LogP contribution < -0.4 is 10.1 Å². The van der Waals surface area contributed by atoms with Crippen LogP contribution in [0.1, 0.15) is 58.9 Å². The second-order valence-corrected chi connectivity index (χ2v) is 7.76. The number of carbonyl (C=O) groups is 3. The van der Waals surface area contributed by atoms with Crippen LogP contribution >= 0.6 is 11.3 Å². The van der Waals surface area contributed by atoms with Crippen molar-refractivity contribution in [3.8, 4) is 5.75 Å². The average molecular weight is 434 g/mol. The first-order valence-electron chi connectivity index (χ1n) is 9.79. The smallest absolute Gasteiger partial charge is 0.348 e. The summed E-state index contributed by atoms with van der Waals surface area (Å²) in [6, 6.07) is 7.21. The Morgan fingerprint density at radius 1 is 1.03 bits per heavy atom. The monoisotopic (exact) mass is 433 g/mol. The Labute approximate surface area is 180 Å². The number of ether oxygens (including phenoxy) is 3. The van der Waals surface area contributed by atoms with E-state index in [0.29, 0.717) is 12.2 Å². The second kappa shape index (κ2) is 10.8. The first-order valence-corrected chi connectivity index (χ1v) is 10.6.